The van der Waals surface area contributed by atoms with Crippen LogP contribution in [0.2, 0.25) is 0 Å². The van der Waals surface area contributed by atoms with Crippen LogP contribution in [0.4, 0.5) is 11.5 Å². The summed E-state index contributed by atoms with van der Waals surface area (Å²) in [5.74, 6) is 0.485. The maximum absolute atomic E-state index is 12.4. The molecule has 6 nitrogen and oxygen atoms in total. The minimum absolute atomic E-state index is 0.182. The number of rotatable bonds is 6. The Balaban J connectivity index is 1.99. The summed E-state index contributed by atoms with van der Waals surface area (Å²) in [6, 6.07) is 12.9. The predicted octanol–water partition coefficient (Wildman–Crippen LogP) is 1.73. The molecule has 2 rings (SSSR count). The summed E-state index contributed by atoms with van der Waals surface area (Å²) in [5.41, 5.74) is 1.15. The monoisotopic (exact) mass is 299 g/mol. The second-order valence-corrected chi connectivity index (χ2v) is 5.23. The second kappa shape index (κ2) is 7.51. The molecule has 0 radical (unpaired) electrons. The fourth-order valence-electron chi connectivity index (χ4n) is 1.89. The zero-order valence-corrected chi connectivity index (χ0v) is 13.2. The number of likely N-dealkylation sites (N-methyl/N-ethyl adjacent to an activating group) is 1. The van der Waals surface area contributed by atoms with Crippen LogP contribution in [-0.2, 0) is 0 Å². The van der Waals surface area contributed by atoms with Gasteiger partial charge in [0.15, 0.2) is 5.69 Å². The Morgan fingerprint density at radius 1 is 1.05 bits per heavy atom. The fourth-order valence-corrected chi connectivity index (χ4v) is 1.89. The first kappa shape index (κ1) is 15.9. The van der Waals surface area contributed by atoms with E-state index in [1.807, 2.05) is 44.4 Å². The number of amides is 1. The topological polar surface area (TPSA) is 61.4 Å². The highest BCUT2D eigenvalue weighted by Gasteiger charge is 2.15. The lowest BCUT2D eigenvalue weighted by Crippen LogP contribution is -2.27. The van der Waals surface area contributed by atoms with Gasteiger partial charge in [0.25, 0.3) is 5.91 Å². The molecule has 0 fully saturated rings. The number of nitrogens with zero attached hydrogens (tertiary/aromatic N) is 4. The van der Waals surface area contributed by atoms with Gasteiger partial charge in [-0.2, -0.15) is 0 Å². The van der Waals surface area contributed by atoms with Crippen LogP contribution in [-0.4, -0.2) is 55.2 Å². The van der Waals surface area contributed by atoms with E-state index in [1.165, 1.54) is 0 Å². The molecule has 2 aromatic rings. The Labute approximate surface area is 130 Å². The summed E-state index contributed by atoms with van der Waals surface area (Å²) in [4.78, 5) is 16.0. The van der Waals surface area contributed by atoms with Crippen molar-refractivity contribution < 1.29 is 4.79 Å². The molecule has 6 heteroatoms. The second-order valence-electron chi connectivity index (χ2n) is 5.23. The minimum Gasteiger partial charge on any atom is -0.367 e. The Bertz CT molecular complexity index is 598. The fraction of sp³-hybridized carbons (Fsp3) is 0.312. The molecule has 0 aliphatic carbocycles. The van der Waals surface area contributed by atoms with E-state index >= 15 is 0 Å². The van der Waals surface area contributed by atoms with Crippen molar-refractivity contribution in [3.05, 3.63) is 48.2 Å². The van der Waals surface area contributed by atoms with Gasteiger partial charge in [-0.1, -0.05) is 18.2 Å². The number of nitrogens with one attached hydrogen (secondary N) is 1. The first-order valence-corrected chi connectivity index (χ1v) is 7.13. The first-order chi connectivity index (χ1) is 10.6. The predicted molar refractivity (Wildman–Crippen MR) is 88.3 cm³/mol. The quantitative estimate of drug-likeness (QED) is 0.880. The van der Waals surface area contributed by atoms with Crippen LogP contribution >= 0.6 is 0 Å². The molecule has 116 valence electrons. The van der Waals surface area contributed by atoms with Crippen molar-refractivity contribution in [2.24, 2.45) is 0 Å². The molecular weight excluding hydrogens is 278 g/mol. The molecule has 0 unspecified atom stereocenters. The molecule has 0 saturated carbocycles. The Morgan fingerprint density at radius 2 is 1.77 bits per heavy atom. The Morgan fingerprint density at radius 3 is 2.36 bits per heavy atom. The number of hydrogen-bond acceptors (Lipinski definition) is 5. The van der Waals surface area contributed by atoms with Gasteiger partial charge in [-0.05, 0) is 38.4 Å². The molecule has 0 aliphatic rings. The van der Waals surface area contributed by atoms with Gasteiger partial charge in [0, 0.05) is 25.8 Å². The maximum atomic E-state index is 12.4. The molecule has 0 aliphatic heterocycles. The average molecular weight is 299 g/mol. The van der Waals surface area contributed by atoms with Gasteiger partial charge in [0.1, 0.15) is 5.82 Å². The number of aromatic nitrogens is 2. The third-order valence-electron chi connectivity index (χ3n) is 3.20. The van der Waals surface area contributed by atoms with Crippen LogP contribution in [0, 0.1) is 0 Å². The van der Waals surface area contributed by atoms with E-state index in [2.05, 4.69) is 20.4 Å². The van der Waals surface area contributed by atoms with Crippen molar-refractivity contribution in [1.29, 1.82) is 0 Å². The third-order valence-corrected chi connectivity index (χ3v) is 3.20. The zero-order valence-electron chi connectivity index (χ0n) is 13.2. The summed E-state index contributed by atoms with van der Waals surface area (Å²) >= 11 is 0. The van der Waals surface area contributed by atoms with Crippen molar-refractivity contribution in [1.82, 2.24) is 15.1 Å². The number of para-hydroxylation sites is 1. The smallest absolute Gasteiger partial charge is 0.278 e. The van der Waals surface area contributed by atoms with Gasteiger partial charge >= 0.3 is 0 Å². The molecule has 0 saturated heterocycles. The van der Waals surface area contributed by atoms with E-state index in [0.717, 1.165) is 18.8 Å². The van der Waals surface area contributed by atoms with Gasteiger partial charge < -0.3 is 15.1 Å². The van der Waals surface area contributed by atoms with Crippen LogP contribution in [0.1, 0.15) is 10.5 Å². The molecule has 1 aromatic heterocycles. The summed E-state index contributed by atoms with van der Waals surface area (Å²) < 4.78 is 0. The van der Waals surface area contributed by atoms with Crippen LogP contribution < -0.4 is 10.2 Å². The molecule has 1 heterocycles. The number of anilines is 2. The highest BCUT2D eigenvalue weighted by Crippen LogP contribution is 2.14. The van der Waals surface area contributed by atoms with Gasteiger partial charge in [-0.3, -0.25) is 4.79 Å². The lowest BCUT2D eigenvalue weighted by Gasteiger charge is -2.16. The van der Waals surface area contributed by atoms with Crippen molar-refractivity contribution in [2.45, 2.75) is 0 Å². The number of carbonyl (C=O) groups is 1. The van der Waals surface area contributed by atoms with Crippen molar-refractivity contribution in [2.75, 3.05) is 44.4 Å². The van der Waals surface area contributed by atoms with Crippen LogP contribution in [0.25, 0.3) is 0 Å². The summed E-state index contributed by atoms with van der Waals surface area (Å²) in [6.45, 7) is 1.68. The molecule has 1 amide bonds. The van der Waals surface area contributed by atoms with Crippen molar-refractivity contribution in [3.63, 3.8) is 0 Å². The summed E-state index contributed by atoms with van der Waals surface area (Å²) in [5, 5.41) is 11.2. The lowest BCUT2D eigenvalue weighted by molar-refractivity contribution is 0.0987. The molecule has 0 bridgehead atoms. The molecule has 0 spiro atoms. The van der Waals surface area contributed by atoms with Gasteiger partial charge in [-0.25, -0.2) is 0 Å². The standard InChI is InChI=1S/C16H21N5O/c1-20(2)12-11-17-15-10-9-14(18-19-15)16(22)21(3)13-7-5-4-6-8-13/h4-10H,11-12H2,1-3H3,(H,17,19). The van der Waals surface area contributed by atoms with E-state index in [4.69, 9.17) is 0 Å². The van der Waals surface area contributed by atoms with Crippen molar-refractivity contribution in [3.8, 4) is 0 Å². The number of carbonyl (C=O) groups excluding carboxylic acids is 1. The van der Waals surface area contributed by atoms with Gasteiger partial charge in [0.2, 0.25) is 0 Å². The van der Waals surface area contributed by atoms with Gasteiger partial charge in [0.05, 0.1) is 0 Å². The molecule has 1 aromatic carbocycles. The molecule has 22 heavy (non-hydrogen) atoms. The molecule has 1 N–H and O–H groups in total. The lowest BCUT2D eigenvalue weighted by atomic mass is 10.2. The summed E-state index contributed by atoms with van der Waals surface area (Å²) in [7, 11) is 5.74. The van der Waals surface area contributed by atoms with Crippen LogP contribution in [0.15, 0.2) is 42.5 Å². The van der Waals surface area contributed by atoms with E-state index in [0.29, 0.717) is 11.5 Å². The molecular formula is C16H21N5O. The van der Waals surface area contributed by atoms with Gasteiger partial charge in [-0.15, -0.1) is 10.2 Å². The SMILES string of the molecule is CN(C)CCNc1ccc(C(=O)N(C)c2ccccc2)nn1. The average Bonchev–Trinajstić information content (AvgIpc) is 2.54. The minimum atomic E-state index is -0.182. The van der Waals surface area contributed by atoms with Crippen molar-refractivity contribution >= 4 is 17.4 Å². The third kappa shape index (κ3) is 4.26. The maximum Gasteiger partial charge on any atom is 0.278 e. The van der Waals surface area contributed by atoms with E-state index in [1.54, 1.807) is 24.1 Å². The zero-order chi connectivity index (χ0) is 15.9. The van der Waals surface area contributed by atoms with Crippen LogP contribution in [0.5, 0.6) is 0 Å². The summed E-state index contributed by atoms with van der Waals surface area (Å²) in [6.07, 6.45) is 0. The number of hydrogen-bond donors (Lipinski definition) is 1. The van der Waals surface area contributed by atoms with Crippen LogP contribution in [0.3, 0.4) is 0 Å². The highest BCUT2D eigenvalue weighted by atomic mass is 16.2. The van der Waals surface area contributed by atoms with E-state index in [9.17, 15) is 4.79 Å². The highest BCUT2D eigenvalue weighted by molar-refractivity contribution is 6.04. The Kier molecular flexibility index (Phi) is 5.43. The van der Waals surface area contributed by atoms with E-state index < -0.39 is 0 Å². The normalized spacial score (nSPS) is 10.5. The first-order valence-electron chi connectivity index (χ1n) is 7.13. The van der Waals surface area contributed by atoms with E-state index in [-0.39, 0.29) is 5.91 Å². The number of benzene rings is 1. The Hall–Kier alpha value is -2.47. The largest absolute Gasteiger partial charge is 0.367 e. The molecule has 0 atom stereocenters.